The van der Waals surface area contributed by atoms with Crippen molar-refractivity contribution in [3.05, 3.63) is 59.9 Å². The molecule has 0 radical (unpaired) electrons. The molecular weight excluding hydrogens is 268 g/mol. The minimum atomic E-state index is -0.397. The van der Waals surface area contributed by atoms with Gasteiger partial charge in [0.15, 0.2) is 0 Å². The molecule has 21 heavy (non-hydrogen) atoms. The van der Waals surface area contributed by atoms with E-state index in [9.17, 15) is 9.59 Å². The van der Waals surface area contributed by atoms with Crippen LogP contribution in [0.4, 0.5) is 5.69 Å². The molecular formula is C16H16N2O3. The molecule has 1 aromatic carbocycles. The topological polar surface area (TPSA) is 68.3 Å². The Kier molecular flexibility index (Phi) is 5.04. The van der Waals surface area contributed by atoms with E-state index >= 15 is 0 Å². The van der Waals surface area contributed by atoms with Crippen molar-refractivity contribution >= 4 is 17.6 Å². The van der Waals surface area contributed by atoms with Crippen LogP contribution in [0.1, 0.15) is 34.2 Å². The molecule has 2 rings (SSSR count). The smallest absolute Gasteiger partial charge is 0.338 e. The Bertz CT molecular complexity index is 626. The van der Waals surface area contributed by atoms with Crippen LogP contribution in [0.15, 0.2) is 48.7 Å². The molecule has 0 aliphatic heterocycles. The number of carbonyl (C=O) groups excluding carboxylic acids is 2. The lowest BCUT2D eigenvalue weighted by Crippen LogP contribution is -2.14. The van der Waals surface area contributed by atoms with E-state index in [0.29, 0.717) is 23.6 Å². The van der Waals surface area contributed by atoms with Crippen molar-refractivity contribution in [1.82, 2.24) is 4.98 Å². The van der Waals surface area contributed by atoms with Crippen LogP contribution in [0.25, 0.3) is 0 Å². The van der Waals surface area contributed by atoms with Crippen LogP contribution in [0.3, 0.4) is 0 Å². The van der Waals surface area contributed by atoms with Gasteiger partial charge in [-0.25, -0.2) is 4.79 Å². The van der Waals surface area contributed by atoms with Gasteiger partial charge in [0, 0.05) is 11.9 Å². The van der Waals surface area contributed by atoms with Crippen LogP contribution >= 0.6 is 0 Å². The Morgan fingerprint density at radius 2 is 2.05 bits per heavy atom. The number of aromatic nitrogens is 1. The number of carbonyl (C=O) groups is 2. The molecule has 0 aliphatic carbocycles. The van der Waals surface area contributed by atoms with Crippen LogP contribution in [0.5, 0.6) is 0 Å². The Morgan fingerprint density at radius 3 is 2.76 bits per heavy atom. The zero-order valence-electron chi connectivity index (χ0n) is 11.7. The second-order valence-electron chi connectivity index (χ2n) is 4.39. The van der Waals surface area contributed by atoms with Crippen molar-refractivity contribution in [1.29, 1.82) is 0 Å². The summed E-state index contributed by atoms with van der Waals surface area (Å²) in [7, 11) is 0. The maximum absolute atomic E-state index is 12.0. The second kappa shape index (κ2) is 7.19. The first-order valence-electron chi connectivity index (χ1n) is 6.70. The fraction of sp³-hybridized carbons (Fsp3) is 0.188. The predicted molar refractivity (Wildman–Crippen MR) is 79.2 cm³/mol. The molecule has 0 spiro atoms. The van der Waals surface area contributed by atoms with Gasteiger partial charge < -0.3 is 10.1 Å². The maximum atomic E-state index is 12.0. The first-order valence-corrected chi connectivity index (χ1v) is 6.70. The largest absolute Gasteiger partial charge is 0.462 e. The van der Waals surface area contributed by atoms with Crippen LogP contribution in [-0.4, -0.2) is 23.5 Å². The normalized spacial score (nSPS) is 9.95. The summed E-state index contributed by atoms with van der Waals surface area (Å²) in [5.74, 6) is -0.722. The molecule has 0 fully saturated rings. The minimum absolute atomic E-state index is 0.316. The molecule has 0 atom stereocenters. The summed E-state index contributed by atoms with van der Waals surface area (Å²) in [6.07, 6.45) is 2.31. The third-order valence-electron chi connectivity index (χ3n) is 2.69. The number of hydrogen-bond donors (Lipinski definition) is 1. The number of rotatable bonds is 5. The number of nitrogens with one attached hydrogen (secondary N) is 1. The minimum Gasteiger partial charge on any atom is -0.462 e. The quantitative estimate of drug-likeness (QED) is 0.857. The Balaban J connectivity index is 2.07. The molecule has 1 heterocycles. The van der Waals surface area contributed by atoms with E-state index in [0.717, 1.165) is 6.42 Å². The monoisotopic (exact) mass is 284 g/mol. The van der Waals surface area contributed by atoms with E-state index in [2.05, 4.69) is 10.3 Å². The molecule has 1 amide bonds. The molecule has 1 N–H and O–H groups in total. The lowest BCUT2D eigenvalue weighted by molar-refractivity contribution is 0.0505. The van der Waals surface area contributed by atoms with Crippen LogP contribution < -0.4 is 5.32 Å². The predicted octanol–water partition coefficient (Wildman–Crippen LogP) is 2.90. The maximum Gasteiger partial charge on any atom is 0.338 e. The molecule has 5 heteroatoms. The van der Waals surface area contributed by atoms with Gasteiger partial charge in [-0.1, -0.05) is 19.1 Å². The fourth-order valence-corrected chi connectivity index (χ4v) is 1.69. The molecule has 0 saturated carbocycles. The summed E-state index contributed by atoms with van der Waals surface area (Å²) in [5.41, 5.74) is 1.25. The van der Waals surface area contributed by atoms with Crippen molar-refractivity contribution < 1.29 is 14.3 Å². The molecule has 2 aromatic rings. The molecule has 0 saturated heterocycles. The molecule has 1 aromatic heterocycles. The second-order valence-corrected chi connectivity index (χ2v) is 4.39. The number of esters is 1. The lowest BCUT2D eigenvalue weighted by Gasteiger charge is -2.07. The summed E-state index contributed by atoms with van der Waals surface area (Å²) >= 11 is 0. The Hall–Kier alpha value is -2.69. The average molecular weight is 284 g/mol. The molecule has 0 aliphatic rings. The van der Waals surface area contributed by atoms with Gasteiger partial charge in [0.2, 0.25) is 0 Å². The molecule has 108 valence electrons. The van der Waals surface area contributed by atoms with E-state index in [1.54, 1.807) is 48.7 Å². The Morgan fingerprint density at radius 1 is 1.19 bits per heavy atom. The highest BCUT2D eigenvalue weighted by Crippen LogP contribution is 2.13. The Labute approximate surface area is 123 Å². The number of hydrogen-bond acceptors (Lipinski definition) is 4. The third kappa shape index (κ3) is 4.14. The molecule has 5 nitrogen and oxygen atoms in total. The van der Waals surface area contributed by atoms with E-state index < -0.39 is 5.97 Å². The number of benzene rings is 1. The molecule has 0 bridgehead atoms. The van der Waals surface area contributed by atoms with Gasteiger partial charge in [-0.3, -0.25) is 9.78 Å². The third-order valence-corrected chi connectivity index (χ3v) is 2.69. The number of anilines is 1. The first kappa shape index (κ1) is 14.7. The van der Waals surface area contributed by atoms with Crippen molar-refractivity contribution in [2.75, 3.05) is 11.9 Å². The van der Waals surface area contributed by atoms with Gasteiger partial charge in [-0.2, -0.15) is 0 Å². The van der Waals surface area contributed by atoms with Gasteiger partial charge >= 0.3 is 5.97 Å². The summed E-state index contributed by atoms with van der Waals surface area (Å²) in [6, 6.07) is 11.7. The summed E-state index contributed by atoms with van der Waals surface area (Å²) in [4.78, 5) is 27.7. The first-order chi connectivity index (χ1) is 10.2. The highest BCUT2D eigenvalue weighted by Gasteiger charge is 2.10. The van der Waals surface area contributed by atoms with E-state index in [1.165, 1.54) is 0 Å². The van der Waals surface area contributed by atoms with E-state index in [4.69, 9.17) is 4.74 Å². The van der Waals surface area contributed by atoms with Crippen LogP contribution in [0, 0.1) is 0 Å². The highest BCUT2D eigenvalue weighted by atomic mass is 16.5. The number of nitrogens with zero attached hydrogens (tertiary/aromatic N) is 1. The van der Waals surface area contributed by atoms with Crippen molar-refractivity contribution in [2.45, 2.75) is 13.3 Å². The number of ether oxygens (including phenoxy) is 1. The van der Waals surface area contributed by atoms with E-state index in [1.807, 2.05) is 6.92 Å². The zero-order chi connectivity index (χ0) is 15.1. The van der Waals surface area contributed by atoms with Crippen molar-refractivity contribution in [3.63, 3.8) is 0 Å². The standard InChI is InChI=1S/C16H16N2O3/c1-2-10-21-16(20)12-6-5-7-13(11-12)18-15(19)14-8-3-4-9-17-14/h3-9,11H,2,10H2,1H3,(H,18,19). The summed E-state index contributed by atoms with van der Waals surface area (Å²) in [5, 5.41) is 2.70. The SMILES string of the molecule is CCCOC(=O)c1cccc(NC(=O)c2ccccn2)c1. The fourth-order valence-electron chi connectivity index (χ4n) is 1.69. The summed E-state index contributed by atoms with van der Waals surface area (Å²) in [6.45, 7) is 2.31. The summed E-state index contributed by atoms with van der Waals surface area (Å²) < 4.78 is 5.06. The van der Waals surface area contributed by atoms with Gasteiger partial charge in [-0.05, 0) is 36.8 Å². The molecule has 0 unspecified atom stereocenters. The van der Waals surface area contributed by atoms with Gasteiger partial charge in [0.1, 0.15) is 5.69 Å². The van der Waals surface area contributed by atoms with Crippen LogP contribution in [-0.2, 0) is 4.74 Å². The van der Waals surface area contributed by atoms with Crippen LogP contribution in [0.2, 0.25) is 0 Å². The van der Waals surface area contributed by atoms with Gasteiger partial charge in [0.05, 0.1) is 12.2 Å². The average Bonchev–Trinajstić information content (AvgIpc) is 2.53. The lowest BCUT2D eigenvalue weighted by atomic mass is 10.2. The highest BCUT2D eigenvalue weighted by molar-refractivity contribution is 6.03. The number of amides is 1. The number of pyridine rings is 1. The van der Waals surface area contributed by atoms with Gasteiger partial charge in [-0.15, -0.1) is 0 Å². The van der Waals surface area contributed by atoms with Crippen molar-refractivity contribution in [3.8, 4) is 0 Å². The van der Waals surface area contributed by atoms with Crippen molar-refractivity contribution in [2.24, 2.45) is 0 Å². The van der Waals surface area contributed by atoms with Gasteiger partial charge in [0.25, 0.3) is 5.91 Å². The van der Waals surface area contributed by atoms with E-state index in [-0.39, 0.29) is 5.91 Å². The zero-order valence-corrected chi connectivity index (χ0v) is 11.7.